The molecule has 0 saturated carbocycles. The molecule has 1 aromatic heterocycles. The fourth-order valence-corrected chi connectivity index (χ4v) is 3.35. The molecule has 0 spiro atoms. The van der Waals surface area contributed by atoms with E-state index < -0.39 is 0 Å². The van der Waals surface area contributed by atoms with Gasteiger partial charge in [-0.3, -0.25) is 0 Å². The molecule has 1 heterocycles. The number of halogens is 1. The van der Waals surface area contributed by atoms with Gasteiger partial charge in [-0.15, -0.1) is 15.0 Å². The number of aromatic hydroxyl groups is 1. The van der Waals surface area contributed by atoms with Crippen LogP contribution < -0.4 is 0 Å². The molecule has 130 valence electrons. The van der Waals surface area contributed by atoms with Gasteiger partial charge in [0.1, 0.15) is 22.5 Å². The van der Waals surface area contributed by atoms with E-state index in [1.807, 2.05) is 43.3 Å². The van der Waals surface area contributed by atoms with Crippen molar-refractivity contribution in [2.75, 3.05) is 0 Å². The third-order valence-corrected chi connectivity index (χ3v) is 4.82. The molecule has 0 fully saturated rings. The molecule has 0 aliphatic carbocycles. The lowest BCUT2D eigenvalue weighted by Crippen LogP contribution is -2.04. The Bertz CT molecular complexity index is 1090. The molecule has 0 aliphatic heterocycles. The number of nitrogens with zero attached hydrogens (tertiary/aromatic N) is 3. The molecule has 0 bridgehead atoms. The second-order valence-corrected chi connectivity index (χ2v) is 6.91. The SMILES string of the molecule is Cc1cc(C(C)c2ccccc2)c(O)c(-n2nc3ccc(Cl)cc3n2)c1. The third-order valence-electron chi connectivity index (χ3n) is 4.59. The lowest BCUT2D eigenvalue weighted by molar-refractivity contribution is 0.458. The summed E-state index contributed by atoms with van der Waals surface area (Å²) >= 11 is 6.04. The maximum Gasteiger partial charge on any atom is 0.146 e. The van der Waals surface area contributed by atoms with E-state index in [1.165, 1.54) is 4.80 Å². The fraction of sp³-hybridized carbons (Fsp3) is 0.143. The molecule has 4 aromatic rings. The Labute approximate surface area is 156 Å². The summed E-state index contributed by atoms with van der Waals surface area (Å²) in [7, 11) is 0. The number of benzene rings is 3. The molecule has 3 aromatic carbocycles. The van der Waals surface area contributed by atoms with Crippen LogP contribution in [0.4, 0.5) is 0 Å². The van der Waals surface area contributed by atoms with Gasteiger partial charge in [-0.25, -0.2) is 0 Å². The summed E-state index contributed by atoms with van der Waals surface area (Å²) in [4.78, 5) is 1.48. The monoisotopic (exact) mass is 363 g/mol. The first-order valence-corrected chi connectivity index (χ1v) is 8.82. The van der Waals surface area contributed by atoms with E-state index in [0.717, 1.165) is 22.2 Å². The summed E-state index contributed by atoms with van der Waals surface area (Å²) in [6.07, 6.45) is 0. The van der Waals surface area contributed by atoms with Gasteiger partial charge in [-0.05, 0) is 42.3 Å². The average molecular weight is 364 g/mol. The Morgan fingerprint density at radius 1 is 0.962 bits per heavy atom. The predicted molar refractivity (Wildman–Crippen MR) is 104 cm³/mol. The van der Waals surface area contributed by atoms with Gasteiger partial charge in [0.15, 0.2) is 0 Å². The van der Waals surface area contributed by atoms with Crippen LogP contribution in [-0.4, -0.2) is 20.1 Å². The number of aromatic nitrogens is 3. The number of aryl methyl sites for hydroxylation is 1. The van der Waals surface area contributed by atoms with Crippen molar-refractivity contribution >= 4 is 22.6 Å². The van der Waals surface area contributed by atoms with Crippen LogP contribution in [0.25, 0.3) is 16.7 Å². The second-order valence-electron chi connectivity index (χ2n) is 6.48. The molecule has 1 atom stereocenters. The quantitative estimate of drug-likeness (QED) is 0.541. The predicted octanol–water partition coefficient (Wildman–Crippen LogP) is 5.24. The molecule has 1 N–H and O–H groups in total. The van der Waals surface area contributed by atoms with E-state index in [4.69, 9.17) is 11.6 Å². The maximum atomic E-state index is 11.0. The van der Waals surface area contributed by atoms with Crippen LogP contribution in [0.3, 0.4) is 0 Å². The van der Waals surface area contributed by atoms with Gasteiger partial charge in [-0.1, -0.05) is 54.9 Å². The lowest BCUT2D eigenvalue weighted by atomic mass is 9.91. The molecule has 4 nitrogen and oxygen atoms in total. The molecule has 0 saturated heterocycles. The van der Waals surface area contributed by atoms with Crippen molar-refractivity contribution in [3.8, 4) is 11.4 Å². The summed E-state index contributed by atoms with van der Waals surface area (Å²) in [6, 6.07) is 19.4. The Balaban J connectivity index is 1.85. The van der Waals surface area contributed by atoms with Crippen molar-refractivity contribution in [3.63, 3.8) is 0 Å². The van der Waals surface area contributed by atoms with E-state index in [0.29, 0.717) is 16.2 Å². The fourth-order valence-electron chi connectivity index (χ4n) is 3.19. The summed E-state index contributed by atoms with van der Waals surface area (Å²) in [6.45, 7) is 4.09. The highest BCUT2D eigenvalue weighted by Gasteiger charge is 2.18. The number of fused-ring (bicyclic) bond motifs is 1. The van der Waals surface area contributed by atoms with E-state index in [1.54, 1.807) is 12.1 Å². The van der Waals surface area contributed by atoms with Crippen LogP contribution in [0.2, 0.25) is 5.02 Å². The van der Waals surface area contributed by atoms with E-state index >= 15 is 0 Å². The molecule has 0 aliphatic rings. The molecular weight excluding hydrogens is 346 g/mol. The van der Waals surface area contributed by atoms with Gasteiger partial charge >= 0.3 is 0 Å². The average Bonchev–Trinajstić information content (AvgIpc) is 3.06. The number of hydrogen-bond donors (Lipinski definition) is 1. The smallest absolute Gasteiger partial charge is 0.146 e. The Morgan fingerprint density at radius 2 is 1.69 bits per heavy atom. The number of rotatable bonds is 3. The summed E-state index contributed by atoms with van der Waals surface area (Å²) in [5, 5.41) is 20.5. The van der Waals surface area contributed by atoms with Gasteiger partial charge in [0.2, 0.25) is 0 Å². The van der Waals surface area contributed by atoms with Gasteiger partial charge in [0, 0.05) is 16.5 Å². The molecule has 26 heavy (non-hydrogen) atoms. The van der Waals surface area contributed by atoms with Crippen molar-refractivity contribution in [1.82, 2.24) is 15.0 Å². The number of phenols is 1. The second kappa shape index (κ2) is 6.46. The van der Waals surface area contributed by atoms with Crippen molar-refractivity contribution in [2.45, 2.75) is 19.8 Å². The minimum atomic E-state index is 0.0503. The standard InChI is InChI=1S/C21H18ClN3O/c1-13-10-17(14(2)15-6-4-3-5-7-15)21(26)20(11-13)25-23-18-9-8-16(22)12-19(18)24-25/h3-12,14,26H,1-2H3. The topological polar surface area (TPSA) is 50.9 Å². The van der Waals surface area contributed by atoms with Crippen molar-refractivity contribution < 1.29 is 5.11 Å². The minimum absolute atomic E-state index is 0.0503. The van der Waals surface area contributed by atoms with Crippen molar-refractivity contribution in [2.24, 2.45) is 0 Å². The lowest BCUT2D eigenvalue weighted by Gasteiger charge is -2.17. The first-order chi connectivity index (χ1) is 12.5. The van der Waals surface area contributed by atoms with Gasteiger partial charge in [-0.2, -0.15) is 0 Å². The van der Waals surface area contributed by atoms with Gasteiger partial charge < -0.3 is 5.11 Å². The minimum Gasteiger partial charge on any atom is -0.505 e. The zero-order chi connectivity index (χ0) is 18.3. The molecule has 1 unspecified atom stereocenters. The zero-order valence-electron chi connectivity index (χ0n) is 14.5. The highest BCUT2D eigenvalue weighted by Crippen LogP contribution is 2.36. The summed E-state index contributed by atoms with van der Waals surface area (Å²) < 4.78 is 0. The highest BCUT2D eigenvalue weighted by molar-refractivity contribution is 6.31. The largest absolute Gasteiger partial charge is 0.505 e. The van der Waals surface area contributed by atoms with E-state index in [2.05, 4.69) is 29.3 Å². The first kappa shape index (κ1) is 16.6. The van der Waals surface area contributed by atoms with Gasteiger partial charge in [0.25, 0.3) is 0 Å². The molecule has 0 radical (unpaired) electrons. The highest BCUT2D eigenvalue weighted by atomic mass is 35.5. The Kier molecular flexibility index (Phi) is 4.13. The van der Waals surface area contributed by atoms with Crippen LogP contribution >= 0.6 is 11.6 Å². The van der Waals surface area contributed by atoms with Crippen LogP contribution in [0.15, 0.2) is 60.7 Å². The van der Waals surface area contributed by atoms with Crippen LogP contribution in [0.5, 0.6) is 5.75 Å². The number of hydrogen-bond acceptors (Lipinski definition) is 3. The maximum absolute atomic E-state index is 11.0. The van der Waals surface area contributed by atoms with E-state index in [-0.39, 0.29) is 11.7 Å². The van der Waals surface area contributed by atoms with Crippen molar-refractivity contribution in [3.05, 3.63) is 82.4 Å². The molecule has 0 amide bonds. The van der Waals surface area contributed by atoms with Crippen LogP contribution in [0.1, 0.15) is 29.5 Å². The Morgan fingerprint density at radius 3 is 2.46 bits per heavy atom. The summed E-state index contributed by atoms with van der Waals surface area (Å²) in [5.41, 5.74) is 5.02. The van der Waals surface area contributed by atoms with Gasteiger partial charge in [0.05, 0.1) is 0 Å². The first-order valence-electron chi connectivity index (χ1n) is 8.44. The van der Waals surface area contributed by atoms with E-state index in [9.17, 15) is 5.11 Å². The zero-order valence-corrected chi connectivity index (χ0v) is 15.3. The normalized spacial score (nSPS) is 12.4. The molecule has 4 rings (SSSR count). The molecular formula is C21H18ClN3O. The molecule has 5 heteroatoms. The van der Waals surface area contributed by atoms with Crippen LogP contribution in [0, 0.1) is 6.92 Å². The number of phenolic OH excluding ortho intramolecular Hbond substituents is 1. The summed E-state index contributed by atoms with van der Waals surface area (Å²) in [5.74, 6) is 0.243. The third kappa shape index (κ3) is 2.93. The van der Waals surface area contributed by atoms with Crippen LogP contribution in [-0.2, 0) is 0 Å². The van der Waals surface area contributed by atoms with Crippen molar-refractivity contribution in [1.29, 1.82) is 0 Å². The Hall–Kier alpha value is -2.85.